The minimum absolute atomic E-state index is 0.153. The van der Waals surface area contributed by atoms with Crippen molar-refractivity contribution in [2.75, 3.05) is 0 Å². The van der Waals surface area contributed by atoms with Gasteiger partial charge in [-0.25, -0.2) is 0 Å². The molecule has 0 saturated carbocycles. The molecule has 1 heterocycles. The molecule has 0 N–H and O–H groups in total. The van der Waals surface area contributed by atoms with E-state index >= 15 is 0 Å². The Hall–Kier alpha value is -1.35. The van der Waals surface area contributed by atoms with E-state index < -0.39 is 0 Å². The SMILES string of the molecule is O=c1sccn1CCCCc1ccccc1. The highest BCUT2D eigenvalue weighted by Gasteiger charge is 1.96. The minimum Gasteiger partial charge on any atom is -0.306 e. The Labute approximate surface area is 99.2 Å². The number of rotatable bonds is 5. The van der Waals surface area contributed by atoms with E-state index in [0.29, 0.717) is 0 Å². The topological polar surface area (TPSA) is 22.0 Å². The van der Waals surface area contributed by atoms with Gasteiger partial charge in [0.15, 0.2) is 0 Å². The van der Waals surface area contributed by atoms with Gasteiger partial charge in [0.25, 0.3) is 0 Å². The fraction of sp³-hybridized carbons (Fsp3) is 0.308. The van der Waals surface area contributed by atoms with Crippen molar-refractivity contribution in [1.82, 2.24) is 4.57 Å². The van der Waals surface area contributed by atoms with Crippen molar-refractivity contribution < 1.29 is 0 Å². The maximum Gasteiger partial charge on any atom is 0.307 e. The molecule has 2 rings (SSSR count). The average Bonchev–Trinajstić information content (AvgIpc) is 2.72. The Morgan fingerprint density at radius 2 is 1.94 bits per heavy atom. The van der Waals surface area contributed by atoms with Gasteiger partial charge in [-0.15, -0.1) is 0 Å². The number of thiazole rings is 1. The van der Waals surface area contributed by atoms with Gasteiger partial charge in [0, 0.05) is 18.1 Å². The molecule has 1 aromatic heterocycles. The maximum atomic E-state index is 11.3. The van der Waals surface area contributed by atoms with Gasteiger partial charge in [-0.05, 0) is 24.8 Å². The van der Waals surface area contributed by atoms with Crippen LogP contribution in [0.2, 0.25) is 0 Å². The van der Waals surface area contributed by atoms with Crippen molar-refractivity contribution in [1.29, 1.82) is 0 Å². The number of nitrogens with zero attached hydrogens (tertiary/aromatic N) is 1. The van der Waals surface area contributed by atoms with E-state index in [4.69, 9.17) is 0 Å². The molecule has 0 aliphatic carbocycles. The normalized spacial score (nSPS) is 10.5. The minimum atomic E-state index is 0.153. The van der Waals surface area contributed by atoms with Gasteiger partial charge in [-0.1, -0.05) is 41.7 Å². The number of benzene rings is 1. The Morgan fingerprint density at radius 3 is 2.62 bits per heavy atom. The van der Waals surface area contributed by atoms with Crippen LogP contribution in [-0.2, 0) is 13.0 Å². The molecule has 2 nitrogen and oxygen atoms in total. The van der Waals surface area contributed by atoms with Gasteiger partial charge < -0.3 is 4.57 Å². The first-order chi connectivity index (χ1) is 7.86. The monoisotopic (exact) mass is 233 g/mol. The van der Waals surface area contributed by atoms with Crippen LogP contribution >= 0.6 is 11.3 Å². The van der Waals surface area contributed by atoms with E-state index in [1.54, 1.807) is 4.57 Å². The third-order valence-electron chi connectivity index (χ3n) is 2.60. The molecule has 0 radical (unpaired) electrons. The zero-order chi connectivity index (χ0) is 11.2. The molecule has 1 aromatic carbocycles. The number of hydrogen-bond donors (Lipinski definition) is 0. The second-order valence-corrected chi connectivity index (χ2v) is 4.66. The van der Waals surface area contributed by atoms with Crippen LogP contribution in [0.3, 0.4) is 0 Å². The largest absolute Gasteiger partial charge is 0.307 e. The van der Waals surface area contributed by atoms with Gasteiger partial charge in [0.1, 0.15) is 0 Å². The van der Waals surface area contributed by atoms with E-state index in [1.807, 2.05) is 17.6 Å². The van der Waals surface area contributed by atoms with Gasteiger partial charge in [-0.2, -0.15) is 0 Å². The lowest BCUT2D eigenvalue weighted by Gasteiger charge is -2.02. The first-order valence-corrected chi connectivity index (χ1v) is 6.42. The third-order valence-corrected chi connectivity index (χ3v) is 3.30. The number of aromatic nitrogens is 1. The standard InChI is InChI=1S/C13H15NOS/c15-13-14(10-11-16-13)9-5-4-8-12-6-2-1-3-7-12/h1-3,6-7,10-11H,4-5,8-9H2. The molecular formula is C13H15NOS. The molecule has 2 aromatic rings. The van der Waals surface area contributed by atoms with Crippen molar-refractivity contribution in [3.05, 3.63) is 57.1 Å². The molecule has 0 atom stereocenters. The molecule has 0 bridgehead atoms. The van der Waals surface area contributed by atoms with E-state index in [2.05, 4.69) is 24.3 Å². The van der Waals surface area contributed by atoms with Crippen LogP contribution < -0.4 is 4.87 Å². The summed E-state index contributed by atoms with van der Waals surface area (Å²) >= 11 is 1.27. The van der Waals surface area contributed by atoms with E-state index in [0.717, 1.165) is 25.8 Å². The van der Waals surface area contributed by atoms with Crippen molar-refractivity contribution in [3.63, 3.8) is 0 Å². The average molecular weight is 233 g/mol. The van der Waals surface area contributed by atoms with Gasteiger partial charge >= 0.3 is 4.87 Å². The number of hydrogen-bond acceptors (Lipinski definition) is 2. The summed E-state index contributed by atoms with van der Waals surface area (Å²) in [5, 5.41) is 1.85. The smallest absolute Gasteiger partial charge is 0.306 e. The predicted octanol–water partition coefficient (Wildman–Crippen LogP) is 2.93. The summed E-state index contributed by atoms with van der Waals surface area (Å²) in [5.41, 5.74) is 1.38. The highest BCUT2D eigenvalue weighted by atomic mass is 32.1. The van der Waals surface area contributed by atoms with Crippen molar-refractivity contribution in [2.45, 2.75) is 25.8 Å². The number of unbranched alkanes of at least 4 members (excludes halogenated alkanes) is 1. The number of aryl methyl sites for hydroxylation is 2. The molecule has 0 amide bonds. The molecule has 0 aliphatic heterocycles. The summed E-state index contributed by atoms with van der Waals surface area (Å²) in [6.07, 6.45) is 5.16. The lowest BCUT2D eigenvalue weighted by molar-refractivity contribution is 0.603. The van der Waals surface area contributed by atoms with E-state index in [1.165, 1.54) is 16.9 Å². The van der Waals surface area contributed by atoms with Crippen LogP contribution in [0.5, 0.6) is 0 Å². The first kappa shape index (κ1) is 11.1. The van der Waals surface area contributed by atoms with Crippen molar-refractivity contribution in [3.8, 4) is 0 Å². The molecule has 16 heavy (non-hydrogen) atoms. The molecule has 3 heteroatoms. The Kier molecular flexibility index (Phi) is 3.94. The highest BCUT2D eigenvalue weighted by molar-refractivity contribution is 7.07. The lowest BCUT2D eigenvalue weighted by Crippen LogP contribution is -2.11. The fourth-order valence-electron chi connectivity index (χ4n) is 1.71. The summed E-state index contributed by atoms with van der Waals surface area (Å²) in [6.45, 7) is 0.842. The maximum absolute atomic E-state index is 11.3. The Bertz CT molecular complexity index is 472. The van der Waals surface area contributed by atoms with Crippen LogP contribution in [0.4, 0.5) is 0 Å². The third kappa shape index (κ3) is 3.07. The van der Waals surface area contributed by atoms with Crippen LogP contribution in [0, 0.1) is 0 Å². The summed E-state index contributed by atoms with van der Waals surface area (Å²) in [7, 11) is 0. The summed E-state index contributed by atoms with van der Waals surface area (Å²) in [6, 6.07) is 10.5. The van der Waals surface area contributed by atoms with Crippen molar-refractivity contribution in [2.24, 2.45) is 0 Å². The molecule has 0 saturated heterocycles. The highest BCUT2D eigenvalue weighted by Crippen LogP contribution is 2.05. The van der Waals surface area contributed by atoms with E-state index in [9.17, 15) is 4.79 Å². The predicted molar refractivity (Wildman–Crippen MR) is 68.0 cm³/mol. The Morgan fingerprint density at radius 1 is 1.12 bits per heavy atom. The quantitative estimate of drug-likeness (QED) is 0.728. The Balaban J connectivity index is 1.74. The molecule has 0 fully saturated rings. The summed E-state index contributed by atoms with van der Waals surface area (Å²) in [4.78, 5) is 11.4. The second-order valence-electron chi connectivity index (χ2n) is 3.81. The van der Waals surface area contributed by atoms with Crippen LogP contribution in [0.1, 0.15) is 18.4 Å². The molecule has 0 unspecified atom stereocenters. The molecule has 0 spiro atoms. The first-order valence-electron chi connectivity index (χ1n) is 5.54. The summed E-state index contributed by atoms with van der Waals surface area (Å²) in [5.74, 6) is 0. The lowest BCUT2D eigenvalue weighted by atomic mass is 10.1. The van der Waals surface area contributed by atoms with Gasteiger partial charge in [0.2, 0.25) is 0 Å². The van der Waals surface area contributed by atoms with E-state index in [-0.39, 0.29) is 4.87 Å². The zero-order valence-electron chi connectivity index (χ0n) is 9.13. The van der Waals surface area contributed by atoms with Gasteiger partial charge in [0.05, 0.1) is 0 Å². The van der Waals surface area contributed by atoms with Crippen molar-refractivity contribution >= 4 is 11.3 Å². The second kappa shape index (κ2) is 5.66. The fourth-order valence-corrected chi connectivity index (χ4v) is 2.32. The van der Waals surface area contributed by atoms with Crippen LogP contribution in [0.15, 0.2) is 46.7 Å². The zero-order valence-corrected chi connectivity index (χ0v) is 9.95. The van der Waals surface area contributed by atoms with Crippen LogP contribution in [0.25, 0.3) is 0 Å². The van der Waals surface area contributed by atoms with Gasteiger partial charge in [-0.3, -0.25) is 4.79 Å². The molecular weight excluding hydrogens is 218 g/mol. The molecule has 84 valence electrons. The van der Waals surface area contributed by atoms with Crippen LogP contribution in [-0.4, -0.2) is 4.57 Å². The molecule has 0 aliphatic rings. The summed E-state index contributed by atoms with van der Waals surface area (Å²) < 4.78 is 1.79.